The summed E-state index contributed by atoms with van der Waals surface area (Å²) in [5.41, 5.74) is 0.973. The van der Waals surface area contributed by atoms with Crippen molar-refractivity contribution in [2.45, 2.75) is 31.0 Å². The maximum absolute atomic E-state index is 13.1. The average Bonchev–Trinajstić information content (AvgIpc) is 3.54. The van der Waals surface area contributed by atoms with Crippen LogP contribution in [0.2, 0.25) is 0 Å². The second kappa shape index (κ2) is 8.66. The number of methoxy groups -OCH3 is 1. The van der Waals surface area contributed by atoms with E-state index in [-0.39, 0.29) is 18.2 Å². The molecule has 4 rings (SSSR count). The number of nitrogens with one attached hydrogen (secondary N) is 1. The van der Waals surface area contributed by atoms with Crippen LogP contribution in [0.4, 0.5) is 13.2 Å². The number of aromatic nitrogens is 2. The largest absolute Gasteiger partial charge is 0.497 e. The topological polar surface area (TPSA) is 76.4 Å². The van der Waals surface area contributed by atoms with E-state index in [0.717, 1.165) is 25.0 Å². The number of halogens is 3. The van der Waals surface area contributed by atoms with Gasteiger partial charge in [0.2, 0.25) is 0 Å². The van der Waals surface area contributed by atoms with Crippen LogP contribution in [-0.4, -0.2) is 34.4 Å². The second-order valence-corrected chi connectivity index (χ2v) is 7.68. The van der Waals surface area contributed by atoms with E-state index in [1.165, 1.54) is 23.0 Å². The zero-order valence-electron chi connectivity index (χ0n) is 17.3. The Bertz CT molecular complexity index is 1110. The minimum Gasteiger partial charge on any atom is -0.497 e. The van der Waals surface area contributed by atoms with E-state index in [0.29, 0.717) is 22.6 Å². The predicted molar refractivity (Wildman–Crippen MR) is 111 cm³/mol. The van der Waals surface area contributed by atoms with Gasteiger partial charge >= 0.3 is 6.18 Å². The normalized spacial score (nSPS) is 14.8. The molecule has 1 unspecified atom stereocenters. The van der Waals surface area contributed by atoms with Crippen LogP contribution in [0.25, 0.3) is 5.69 Å². The molecule has 1 aliphatic carbocycles. The Balaban J connectivity index is 1.53. The third-order valence-electron chi connectivity index (χ3n) is 5.39. The van der Waals surface area contributed by atoms with Gasteiger partial charge in [-0.15, -0.1) is 0 Å². The molecule has 32 heavy (non-hydrogen) atoms. The highest BCUT2D eigenvalue weighted by atomic mass is 19.4. The number of nitrogens with zero attached hydrogens (tertiary/aromatic N) is 2. The Morgan fingerprint density at radius 2 is 1.97 bits per heavy atom. The van der Waals surface area contributed by atoms with Gasteiger partial charge in [0.15, 0.2) is 0 Å². The van der Waals surface area contributed by atoms with E-state index in [1.54, 1.807) is 31.4 Å². The van der Waals surface area contributed by atoms with Crippen molar-refractivity contribution in [1.29, 1.82) is 0 Å². The first-order valence-electron chi connectivity index (χ1n) is 10.1. The van der Waals surface area contributed by atoms with E-state index in [1.807, 2.05) is 0 Å². The Hall–Kier alpha value is -3.33. The Kier molecular flexibility index (Phi) is 5.92. The molecule has 0 saturated heterocycles. The zero-order chi connectivity index (χ0) is 22.9. The summed E-state index contributed by atoms with van der Waals surface area (Å²) in [6.45, 7) is -0.0238. The lowest BCUT2D eigenvalue weighted by Crippen LogP contribution is -2.29. The Morgan fingerprint density at radius 1 is 1.25 bits per heavy atom. The second-order valence-electron chi connectivity index (χ2n) is 7.68. The Labute approximate surface area is 182 Å². The molecule has 0 spiro atoms. The van der Waals surface area contributed by atoms with Crippen LogP contribution in [0.15, 0.2) is 54.7 Å². The van der Waals surface area contributed by atoms with E-state index in [2.05, 4.69) is 10.4 Å². The van der Waals surface area contributed by atoms with Crippen molar-refractivity contribution in [2.75, 3.05) is 13.7 Å². The molecule has 0 aliphatic heterocycles. The van der Waals surface area contributed by atoms with Crippen LogP contribution in [0.1, 0.15) is 52.0 Å². The highest BCUT2D eigenvalue weighted by Gasteiger charge is 2.34. The van der Waals surface area contributed by atoms with Gasteiger partial charge in [0.1, 0.15) is 5.75 Å². The molecular formula is C23H22F3N3O3. The van der Waals surface area contributed by atoms with Crippen molar-refractivity contribution in [3.8, 4) is 11.4 Å². The third kappa shape index (κ3) is 4.62. The van der Waals surface area contributed by atoms with Gasteiger partial charge in [-0.25, -0.2) is 4.68 Å². The standard InChI is InChI=1S/C23H22F3N3O3/c1-32-18-9-7-14(8-10-18)20(30)13-27-22(31)19-12-28-29(21(19)15-5-6-15)17-4-2-3-16(11-17)23(24,25)26/h2-4,7-12,15,20,30H,5-6,13H2,1H3,(H,27,31). The van der Waals surface area contributed by atoms with Crippen molar-refractivity contribution < 1.29 is 27.8 Å². The first-order valence-corrected chi connectivity index (χ1v) is 10.1. The lowest BCUT2D eigenvalue weighted by molar-refractivity contribution is -0.137. The molecule has 1 aromatic heterocycles. The molecule has 2 aromatic carbocycles. The van der Waals surface area contributed by atoms with Gasteiger partial charge in [-0.2, -0.15) is 18.3 Å². The van der Waals surface area contributed by atoms with Crippen LogP contribution >= 0.6 is 0 Å². The summed E-state index contributed by atoms with van der Waals surface area (Å²) in [4.78, 5) is 12.8. The van der Waals surface area contributed by atoms with Crippen molar-refractivity contribution in [2.24, 2.45) is 0 Å². The number of hydrogen-bond acceptors (Lipinski definition) is 4. The smallest absolute Gasteiger partial charge is 0.416 e. The molecule has 168 valence electrons. The fraction of sp³-hybridized carbons (Fsp3) is 0.304. The van der Waals surface area contributed by atoms with E-state index in [4.69, 9.17) is 4.74 Å². The van der Waals surface area contributed by atoms with E-state index < -0.39 is 23.8 Å². The third-order valence-corrected chi connectivity index (χ3v) is 5.39. The number of aliphatic hydroxyl groups excluding tert-OH is 1. The monoisotopic (exact) mass is 445 g/mol. The first kappa shape index (κ1) is 21.9. The van der Waals surface area contributed by atoms with Crippen molar-refractivity contribution in [1.82, 2.24) is 15.1 Å². The van der Waals surface area contributed by atoms with Crippen LogP contribution < -0.4 is 10.1 Å². The maximum Gasteiger partial charge on any atom is 0.416 e. The van der Waals surface area contributed by atoms with Crippen molar-refractivity contribution in [3.63, 3.8) is 0 Å². The van der Waals surface area contributed by atoms with E-state index >= 15 is 0 Å². The molecule has 1 atom stereocenters. The van der Waals surface area contributed by atoms with Gasteiger partial charge in [-0.05, 0) is 48.7 Å². The SMILES string of the molecule is COc1ccc(C(O)CNC(=O)c2cnn(-c3cccc(C(F)(F)F)c3)c2C2CC2)cc1. The molecule has 1 amide bonds. The molecule has 1 heterocycles. The van der Waals surface area contributed by atoms with Crippen LogP contribution in [0, 0.1) is 0 Å². The molecule has 0 radical (unpaired) electrons. The number of carbonyl (C=O) groups excluding carboxylic acids is 1. The summed E-state index contributed by atoms with van der Waals surface area (Å²) < 4.78 is 45.9. The van der Waals surface area contributed by atoms with Gasteiger partial charge in [0.25, 0.3) is 5.91 Å². The number of ether oxygens (including phenoxy) is 1. The van der Waals surface area contributed by atoms with Gasteiger partial charge in [-0.1, -0.05) is 18.2 Å². The predicted octanol–water partition coefficient (Wildman–Crippen LogP) is 4.24. The number of rotatable bonds is 7. The van der Waals surface area contributed by atoms with Crippen LogP contribution in [0.3, 0.4) is 0 Å². The number of hydrogen-bond donors (Lipinski definition) is 2. The summed E-state index contributed by atoms with van der Waals surface area (Å²) in [6.07, 6.45) is -2.37. The van der Waals surface area contributed by atoms with Crippen LogP contribution in [0.5, 0.6) is 5.75 Å². The average molecular weight is 445 g/mol. The lowest BCUT2D eigenvalue weighted by Gasteiger charge is -2.14. The van der Waals surface area contributed by atoms with Gasteiger partial charge in [0, 0.05) is 12.5 Å². The van der Waals surface area contributed by atoms with Gasteiger partial charge in [-0.3, -0.25) is 4.79 Å². The molecule has 1 saturated carbocycles. The molecular weight excluding hydrogens is 423 g/mol. The van der Waals surface area contributed by atoms with Crippen LogP contribution in [-0.2, 0) is 6.18 Å². The molecule has 3 aromatic rings. The summed E-state index contributed by atoms with van der Waals surface area (Å²) in [6, 6.07) is 11.7. The van der Waals surface area contributed by atoms with Crippen molar-refractivity contribution in [3.05, 3.63) is 77.1 Å². The zero-order valence-corrected chi connectivity index (χ0v) is 17.3. The summed E-state index contributed by atoms with van der Waals surface area (Å²) in [7, 11) is 1.54. The number of amides is 1. The minimum atomic E-state index is -4.47. The first-order chi connectivity index (χ1) is 15.3. The van der Waals surface area contributed by atoms with Crippen molar-refractivity contribution >= 4 is 5.91 Å². The number of benzene rings is 2. The number of alkyl halides is 3. The molecule has 6 nitrogen and oxygen atoms in total. The molecule has 0 bridgehead atoms. The van der Waals surface area contributed by atoms with Gasteiger partial charge in [0.05, 0.1) is 41.9 Å². The van der Waals surface area contributed by atoms with E-state index in [9.17, 15) is 23.1 Å². The molecule has 1 fully saturated rings. The quantitative estimate of drug-likeness (QED) is 0.571. The Morgan fingerprint density at radius 3 is 2.59 bits per heavy atom. The summed E-state index contributed by atoms with van der Waals surface area (Å²) >= 11 is 0. The summed E-state index contributed by atoms with van der Waals surface area (Å²) in [5.74, 6) is 0.276. The number of aliphatic hydroxyl groups is 1. The number of carbonyl (C=O) groups is 1. The highest BCUT2D eigenvalue weighted by Crippen LogP contribution is 2.43. The minimum absolute atomic E-state index is 0.0238. The fourth-order valence-electron chi connectivity index (χ4n) is 3.53. The molecule has 2 N–H and O–H groups in total. The molecule has 9 heteroatoms. The fourth-order valence-corrected chi connectivity index (χ4v) is 3.53. The highest BCUT2D eigenvalue weighted by molar-refractivity contribution is 5.95. The molecule has 1 aliphatic rings. The lowest BCUT2D eigenvalue weighted by atomic mass is 10.1. The maximum atomic E-state index is 13.1. The van der Waals surface area contributed by atoms with Gasteiger partial charge < -0.3 is 15.2 Å². The summed E-state index contributed by atoms with van der Waals surface area (Å²) in [5, 5.41) is 17.3.